The first-order valence-corrected chi connectivity index (χ1v) is 8.36. The Labute approximate surface area is 160 Å². The summed E-state index contributed by atoms with van der Waals surface area (Å²) in [4.78, 5) is 24.1. The van der Waals surface area contributed by atoms with Gasteiger partial charge in [-0.1, -0.05) is 11.6 Å². The molecule has 8 heteroatoms. The van der Waals surface area contributed by atoms with Crippen LogP contribution in [0.5, 0.6) is 5.75 Å². The van der Waals surface area contributed by atoms with E-state index in [2.05, 4.69) is 16.0 Å². The molecular formula is C19H16ClN3O4. The second-order valence-electron chi connectivity index (χ2n) is 5.58. The summed E-state index contributed by atoms with van der Waals surface area (Å²) < 4.78 is 5.13. The third-order valence-electron chi connectivity index (χ3n) is 3.61. The topological polar surface area (TPSA) is 104 Å². The molecule has 7 nitrogen and oxygen atoms in total. The highest BCUT2D eigenvalue weighted by Crippen LogP contribution is 2.23. The van der Waals surface area contributed by atoms with Crippen molar-refractivity contribution in [3.63, 3.8) is 0 Å². The van der Waals surface area contributed by atoms with Crippen molar-refractivity contribution in [3.05, 3.63) is 77.2 Å². The van der Waals surface area contributed by atoms with Gasteiger partial charge in [0, 0.05) is 16.4 Å². The first kappa shape index (κ1) is 18.3. The predicted octanol–water partition coefficient (Wildman–Crippen LogP) is 4.21. The number of phenols is 1. The van der Waals surface area contributed by atoms with Crippen LogP contribution < -0.4 is 16.0 Å². The number of anilines is 2. The van der Waals surface area contributed by atoms with Gasteiger partial charge in [0.1, 0.15) is 11.5 Å². The van der Waals surface area contributed by atoms with E-state index in [1.165, 1.54) is 24.5 Å². The zero-order valence-electron chi connectivity index (χ0n) is 14.0. The van der Waals surface area contributed by atoms with Crippen LogP contribution in [0.1, 0.15) is 16.1 Å². The molecule has 0 aliphatic carbocycles. The minimum absolute atomic E-state index is 0.0713. The summed E-state index contributed by atoms with van der Waals surface area (Å²) in [5.74, 6) is -0.0113. The molecule has 0 fully saturated rings. The van der Waals surface area contributed by atoms with Crippen molar-refractivity contribution in [2.45, 2.75) is 6.54 Å². The molecule has 0 unspecified atom stereocenters. The molecule has 3 amide bonds. The fourth-order valence-electron chi connectivity index (χ4n) is 2.28. The van der Waals surface area contributed by atoms with Crippen molar-refractivity contribution in [2.24, 2.45) is 0 Å². The lowest BCUT2D eigenvalue weighted by Crippen LogP contribution is -2.27. The minimum Gasteiger partial charge on any atom is -0.507 e. The van der Waals surface area contributed by atoms with Gasteiger partial charge >= 0.3 is 6.03 Å². The molecule has 1 aromatic heterocycles. The van der Waals surface area contributed by atoms with Crippen LogP contribution in [0.2, 0.25) is 5.02 Å². The average Bonchev–Trinajstić information content (AvgIpc) is 3.17. The van der Waals surface area contributed by atoms with Gasteiger partial charge < -0.3 is 25.5 Å². The molecule has 0 bridgehead atoms. The molecule has 0 saturated carbocycles. The van der Waals surface area contributed by atoms with Crippen molar-refractivity contribution >= 4 is 34.9 Å². The van der Waals surface area contributed by atoms with Crippen molar-refractivity contribution in [1.82, 2.24) is 5.32 Å². The molecule has 0 spiro atoms. The number of halogens is 1. The van der Waals surface area contributed by atoms with E-state index in [-0.39, 0.29) is 23.9 Å². The number of urea groups is 1. The van der Waals surface area contributed by atoms with Gasteiger partial charge in [0.25, 0.3) is 5.91 Å². The minimum atomic E-state index is -0.494. The van der Waals surface area contributed by atoms with Gasteiger partial charge in [0.2, 0.25) is 0 Å². The van der Waals surface area contributed by atoms with E-state index < -0.39 is 5.91 Å². The Kier molecular flexibility index (Phi) is 5.63. The summed E-state index contributed by atoms with van der Waals surface area (Å²) in [6, 6.07) is 13.9. The van der Waals surface area contributed by atoms with Crippen LogP contribution in [0.3, 0.4) is 0 Å². The lowest BCUT2D eigenvalue weighted by atomic mass is 10.2. The Bertz CT molecular complexity index is 940. The van der Waals surface area contributed by atoms with Gasteiger partial charge in [0.05, 0.1) is 18.4 Å². The number of hydrogen-bond donors (Lipinski definition) is 4. The van der Waals surface area contributed by atoms with Crippen LogP contribution in [0.15, 0.2) is 65.3 Å². The second-order valence-corrected chi connectivity index (χ2v) is 6.02. The van der Waals surface area contributed by atoms with E-state index in [1.54, 1.807) is 36.4 Å². The van der Waals surface area contributed by atoms with E-state index in [9.17, 15) is 14.7 Å². The van der Waals surface area contributed by atoms with E-state index in [0.717, 1.165) is 0 Å². The molecule has 27 heavy (non-hydrogen) atoms. The Morgan fingerprint density at radius 3 is 2.37 bits per heavy atom. The Balaban J connectivity index is 1.56. The third-order valence-corrected chi connectivity index (χ3v) is 3.84. The van der Waals surface area contributed by atoms with Gasteiger partial charge in [-0.25, -0.2) is 4.79 Å². The van der Waals surface area contributed by atoms with E-state index in [0.29, 0.717) is 22.2 Å². The van der Waals surface area contributed by atoms with Crippen LogP contribution in [0, 0.1) is 0 Å². The molecular weight excluding hydrogens is 370 g/mol. The monoisotopic (exact) mass is 385 g/mol. The first-order chi connectivity index (χ1) is 13.0. The normalized spacial score (nSPS) is 10.3. The fraction of sp³-hybridized carbons (Fsp3) is 0.0526. The molecule has 0 aliphatic rings. The molecule has 0 aliphatic heterocycles. The number of rotatable bonds is 5. The number of amides is 3. The standard InChI is InChI=1S/C19H16ClN3O4/c20-12-3-8-17(24)16(10-12)18(25)22-13-4-6-14(7-5-13)23-19(26)21-11-15-2-1-9-27-15/h1-10,24H,11H2,(H,22,25)(H2,21,23,26). The molecule has 0 radical (unpaired) electrons. The average molecular weight is 386 g/mol. The smallest absolute Gasteiger partial charge is 0.319 e. The van der Waals surface area contributed by atoms with Gasteiger partial charge in [-0.05, 0) is 54.6 Å². The summed E-state index contributed by atoms with van der Waals surface area (Å²) >= 11 is 5.85. The van der Waals surface area contributed by atoms with E-state index >= 15 is 0 Å². The van der Waals surface area contributed by atoms with E-state index in [1.807, 2.05) is 0 Å². The van der Waals surface area contributed by atoms with Gasteiger partial charge in [0.15, 0.2) is 0 Å². The number of benzene rings is 2. The van der Waals surface area contributed by atoms with Gasteiger partial charge in [-0.15, -0.1) is 0 Å². The largest absolute Gasteiger partial charge is 0.507 e. The van der Waals surface area contributed by atoms with Crippen molar-refractivity contribution in [2.75, 3.05) is 10.6 Å². The Hall–Kier alpha value is -3.45. The zero-order valence-corrected chi connectivity index (χ0v) is 14.8. The highest BCUT2D eigenvalue weighted by atomic mass is 35.5. The number of carbonyl (C=O) groups excluding carboxylic acids is 2. The van der Waals surface area contributed by atoms with Crippen LogP contribution >= 0.6 is 11.6 Å². The second kappa shape index (κ2) is 8.29. The summed E-state index contributed by atoms with van der Waals surface area (Å²) in [7, 11) is 0. The first-order valence-electron chi connectivity index (χ1n) is 7.98. The predicted molar refractivity (Wildman–Crippen MR) is 102 cm³/mol. The molecule has 3 rings (SSSR count). The summed E-state index contributed by atoms with van der Waals surface area (Å²) in [6.45, 7) is 0.274. The molecule has 0 saturated heterocycles. The van der Waals surface area contributed by atoms with Crippen molar-refractivity contribution in [3.8, 4) is 5.75 Å². The van der Waals surface area contributed by atoms with Gasteiger partial charge in [-0.3, -0.25) is 4.79 Å². The summed E-state index contributed by atoms with van der Waals surface area (Å²) in [6.07, 6.45) is 1.53. The number of aromatic hydroxyl groups is 1. The van der Waals surface area contributed by atoms with Gasteiger partial charge in [-0.2, -0.15) is 0 Å². The molecule has 3 aromatic rings. The SMILES string of the molecule is O=C(NCc1ccco1)Nc1ccc(NC(=O)c2cc(Cl)ccc2O)cc1. The maximum absolute atomic E-state index is 12.2. The zero-order chi connectivity index (χ0) is 19.2. The quantitative estimate of drug-likeness (QED) is 0.528. The lowest BCUT2D eigenvalue weighted by Gasteiger charge is -2.09. The highest BCUT2D eigenvalue weighted by Gasteiger charge is 2.12. The van der Waals surface area contributed by atoms with Crippen LogP contribution in [0.4, 0.5) is 16.2 Å². The number of furan rings is 1. The Morgan fingerprint density at radius 2 is 1.70 bits per heavy atom. The van der Waals surface area contributed by atoms with Crippen LogP contribution in [0.25, 0.3) is 0 Å². The lowest BCUT2D eigenvalue weighted by molar-refractivity contribution is 0.102. The summed E-state index contributed by atoms with van der Waals surface area (Å²) in [5.41, 5.74) is 1.12. The molecule has 0 atom stereocenters. The molecule has 2 aromatic carbocycles. The van der Waals surface area contributed by atoms with E-state index in [4.69, 9.17) is 16.0 Å². The fourth-order valence-corrected chi connectivity index (χ4v) is 2.45. The molecule has 1 heterocycles. The molecule has 138 valence electrons. The third kappa shape index (κ3) is 5.02. The number of carbonyl (C=O) groups is 2. The van der Waals surface area contributed by atoms with Crippen LogP contribution in [-0.4, -0.2) is 17.0 Å². The number of phenolic OH excluding ortho intramolecular Hbond substituents is 1. The maximum atomic E-state index is 12.2. The number of hydrogen-bond acceptors (Lipinski definition) is 4. The highest BCUT2D eigenvalue weighted by molar-refractivity contribution is 6.31. The number of nitrogens with one attached hydrogen (secondary N) is 3. The summed E-state index contributed by atoms with van der Waals surface area (Å²) in [5, 5.41) is 18.1. The maximum Gasteiger partial charge on any atom is 0.319 e. The van der Waals surface area contributed by atoms with Crippen LogP contribution in [-0.2, 0) is 6.54 Å². The molecule has 4 N–H and O–H groups in total. The van der Waals surface area contributed by atoms with Crippen molar-refractivity contribution in [1.29, 1.82) is 0 Å². The van der Waals surface area contributed by atoms with Crippen molar-refractivity contribution < 1.29 is 19.1 Å². The Morgan fingerprint density at radius 1 is 1.00 bits per heavy atom.